The lowest BCUT2D eigenvalue weighted by Crippen LogP contribution is -2.27. The second-order valence-electron chi connectivity index (χ2n) is 4.55. The average molecular weight is 302 g/mol. The van der Waals surface area contributed by atoms with Crippen LogP contribution in [0.1, 0.15) is 16.2 Å². The molecule has 7 heteroatoms. The highest BCUT2D eigenvalue weighted by atomic mass is 32.1. The quantitative estimate of drug-likeness (QED) is 0.785. The number of hydrogen-bond acceptors (Lipinski definition) is 5. The second kappa shape index (κ2) is 5.92. The molecule has 6 nitrogen and oxygen atoms in total. The van der Waals surface area contributed by atoms with Gasteiger partial charge < -0.3 is 9.84 Å². The van der Waals surface area contributed by atoms with E-state index < -0.39 is 0 Å². The van der Waals surface area contributed by atoms with Crippen LogP contribution in [0.25, 0.3) is 11.3 Å². The molecule has 0 saturated carbocycles. The van der Waals surface area contributed by atoms with Gasteiger partial charge in [0, 0.05) is 29.8 Å². The van der Waals surface area contributed by atoms with Gasteiger partial charge in [0.2, 0.25) is 0 Å². The summed E-state index contributed by atoms with van der Waals surface area (Å²) in [5.41, 5.74) is 2.35. The molecule has 0 saturated heterocycles. The van der Waals surface area contributed by atoms with Crippen LogP contribution in [0, 0.1) is 6.92 Å². The summed E-state index contributed by atoms with van der Waals surface area (Å²) in [5, 5.41) is 15.0. The van der Waals surface area contributed by atoms with Crippen LogP contribution < -0.4 is 5.32 Å². The van der Waals surface area contributed by atoms with E-state index in [1.807, 2.05) is 23.7 Å². The summed E-state index contributed by atoms with van der Waals surface area (Å²) in [6.07, 6.45) is 1.90. The lowest BCUT2D eigenvalue weighted by Gasteiger charge is -2.03. The molecule has 0 aromatic carbocycles. The third-order valence-electron chi connectivity index (χ3n) is 2.94. The molecule has 3 heterocycles. The fourth-order valence-corrected chi connectivity index (χ4v) is 2.55. The lowest BCUT2D eigenvalue weighted by molar-refractivity contribution is 0.0943. The van der Waals surface area contributed by atoms with Crippen molar-refractivity contribution < 1.29 is 9.32 Å². The minimum Gasteiger partial charge on any atom is -0.361 e. The van der Waals surface area contributed by atoms with Crippen LogP contribution in [0.2, 0.25) is 0 Å². The van der Waals surface area contributed by atoms with E-state index in [0.717, 1.165) is 11.3 Å². The van der Waals surface area contributed by atoms with Crippen molar-refractivity contribution in [2.45, 2.75) is 13.5 Å². The first kappa shape index (κ1) is 13.6. The Hall–Kier alpha value is -2.41. The predicted molar refractivity (Wildman–Crippen MR) is 79.1 cm³/mol. The molecule has 0 fully saturated rings. The van der Waals surface area contributed by atoms with Crippen LogP contribution in [0.15, 0.2) is 39.7 Å². The van der Waals surface area contributed by atoms with Gasteiger partial charge in [0.1, 0.15) is 5.76 Å². The first-order chi connectivity index (χ1) is 10.2. The molecule has 108 valence electrons. The van der Waals surface area contributed by atoms with Crippen molar-refractivity contribution in [3.8, 4) is 11.3 Å². The van der Waals surface area contributed by atoms with Gasteiger partial charge in [0.05, 0.1) is 12.2 Å². The van der Waals surface area contributed by atoms with E-state index in [1.54, 1.807) is 29.0 Å². The first-order valence-corrected chi connectivity index (χ1v) is 7.44. The number of carbonyl (C=O) groups is 1. The van der Waals surface area contributed by atoms with Crippen LogP contribution in [0.3, 0.4) is 0 Å². The van der Waals surface area contributed by atoms with Crippen molar-refractivity contribution in [1.82, 2.24) is 20.3 Å². The van der Waals surface area contributed by atoms with Crippen molar-refractivity contribution >= 4 is 17.2 Å². The summed E-state index contributed by atoms with van der Waals surface area (Å²) in [6, 6.07) is 5.61. The summed E-state index contributed by atoms with van der Waals surface area (Å²) >= 11 is 1.64. The molecule has 3 aromatic rings. The number of nitrogens with zero attached hydrogens (tertiary/aromatic N) is 3. The Labute approximate surface area is 125 Å². The van der Waals surface area contributed by atoms with Gasteiger partial charge in [-0.05, 0) is 24.4 Å². The Morgan fingerprint density at radius 1 is 1.48 bits per heavy atom. The van der Waals surface area contributed by atoms with E-state index in [-0.39, 0.29) is 5.91 Å². The van der Waals surface area contributed by atoms with Gasteiger partial charge in [-0.25, -0.2) is 0 Å². The van der Waals surface area contributed by atoms with E-state index in [4.69, 9.17) is 4.52 Å². The molecule has 3 rings (SSSR count). The third-order valence-corrected chi connectivity index (χ3v) is 3.63. The number of hydrogen-bond donors (Lipinski definition) is 1. The molecule has 1 N–H and O–H groups in total. The van der Waals surface area contributed by atoms with Gasteiger partial charge in [-0.3, -0.25) is 9.48 Å². The second-order valence-corrected chi connectivity index (χ2v) is 5.33. The SMILES string of the molecule is Cc1cc(C(=O)NCCn2ccc(-c3ccsc3)n2)no1. The Bertz CT molecular complexity index is 730. The molecule has 1 amide bonds. The molecule has 0 bridgehead atoms. The molecule has 0 spiro atoms. The Morgan fingerprint density at radius 3 is 3.10 bits per heavy atom. The fraction of sp³-hybridized carbons (Fsp3) is 0.214. The highest BCUT2D eigenvalue weighted by Gasteiger charge is 2.10. The molecule has 0 aliphatic carbocycles. The molecule has 21 heavy (non-hydrogen) atoms. The number of nitrogens with one attached hydrogen (secondary N) is 1. The van der Waals surface area contributed by atoms with Crippen molar-refractivity contribution in [3.63, 3.8) is 0 Å². The van der Waals surface area contributed by atoms with Crippen LogP contribution in [-0.2, 0) is 6.54 Å². The number of thiophene rings is 1. The zero-order valence-electron chi connectivity index (χ0n) is 11.4. The van der Waals surface area contributed by atoms with E-state index in [0.29, 0.717) is 24.5 Å². The molecule has 3 aromatic heterocycles. The standard InChI is InChI=1S/C14H14N4O2S/c1-10-8-13(17-20-10)14(19)15-4-6-18-5-2-12(16-18)11-3-7-21-9-11/h2-3,5,7-9H,4,6H2,1H3,(H,15,19). The van der Waals surface area contributed by atoms with Crippen molar-refractivity contribution in [2.24, 2.45) is 0 Å². The fourth-order valence-electron chi connectivity index (χ4n) is 1.90. The number of carbonyl (C=O) groups excluding carboxylic acids is 1. The summed E-state index contributed by atoms with van der Waals surface area (Å²) in [5.74, 6) is 0.379. The maximum absolute atomic E-state index is 11.8. The van der Waals surface area contributed by atoms with Crippen LogP contribution in [-0.4, -0.2) is 27.4 Å². The summed E-state index contributed by atoms with van der Waals surface area (Å²) in [4.78, 5) is 11.8. The van der Waals surface area contributed by atoms with Gasteiger partial charge in [-0.1, -0.05) is 5.16 Å². The van der Waals surface area contributed by atoms with Crippen LogP contribution in [0.4, 0.5) is 0 Å². The molecule has 0 radical (unpaired) electrons. The number of aryl methyl sites for hydroxylation is 1. The monoisotopic (exact) mass is 302 g/mol. The molecular weight excluding hydrogens is 288 g/mol. The van der Waals surface area contributed by atoms with Gasteiger partial charge in [0.25, 0.3) is 5.91 Å². The van der Waals surface area contributed by atoms with Crippen molar-refractivity contribution in [3.05, 3.63) is 46.6 Å². The Balaban J connectivity index is 1.53. The molecule has 0 aliphatic rings. The average Bonchev–Trinajstić information content (AvgIpc) is 3.19. The Kier molecular flexibility index (Phi) is 3.83. The first-order valence-electron chi connectivity index (χ1n) is 6.50. The van der Waals surface area contributed by atoms with E-state index in [9.17, 15) is 4.79 Å². The Morgan fingerprint density at radius 2 is 2.38 bits per heavy atom. The zero-order valence-corrected chi connectivity index (χ0v) is 12.3. The molecule has 0 unspecified atom stereocenters. The smallest absolute Gasteiger partial charge is 0.273 e. The normalized spacial score (nSPS) is 10.7. The van der Waals surface area contributed by atoms with Crippen LogP contribution >= 0.6 is 11.3 Å². The van der Waals surface area contributed by atoms with Crippen LogP contribution in [0.5, 0.6) is 0 Å². The summed E-state index contributed by atoms with van der Waals surface area (Å²) < 4.78 is 6.67. The number of aromatic nitrogens is 3. The maximum atomic E-state index is 11.8. The lowest BCUT2D eigenvalue weighted by atomic mass is 10.2. The van der Waals surface area contributed by atoms with E-state index in [2.05, 4.69) is 21.0 Å². The summed E-state index contributed by atoms with van der Waals surface area (Å²) in [6.45, 7) is 2.84. The van der Waals surface area contributed by atoms with Crippen molar-refractivity contribution in [1.29, 1.82) is 0 Å². The van der Waals surface area contributed by atoms with Gasteiger partial charge in [-0.2, -0.15) is 16.4 Å². The van der Waals surface area contributed by atoms with Gasteiger partial charge in [-0.15, -0.1) is 0 Å². The van der Waals surface area contributed by atoms with Gasteiger partial charge in [0.15, 0.2) is 5.69 Å². The largest absolute Gasteiger partial charge is 0.361 e. The topological polar surface area (TPSA) is 73.0 Å². The predicted octanol–water partition coefficient (Wildman–Crippen LogP) is 2.34. The summed E-state index contributed by atoms with van der Waals surface area (Å²) in [7, 11) is 0. The van der Waals surface area contributed by atoms with E-state index in [1.165, 1.54) is 0 Å². The molecule has 0 atom stereocenters. The van der Waals surface area contributed by atoms with Gasteiger partial charge >= 0.3 is 0 Å². The maximum Gasteiger partial charge on any atom is 0.273 e. The molecule has 0 aliphatic heterocycles. The zero-order chi connectivity index (χ0) is 14.7. The van der Waals surface area contributed by atoms with E-state index >= 15 is 0 Å². The highest BCUT2D eigenvalue weighted by Crippen LogP contribution is 2.19. The number of amides is 1. The van der Waals surface area contributed by atoms with Crippen molar-refractivity contribution in [2.75, 3.05) is 6.54 Å². The minimum absolute atomic E-state index is 0.239. The third kappa shape index (κ3) is 3.19. The molecular formula is C14H14N4O2S. The highest BCUT2D eigenvalue weighted by molar-refractivity contribution is 7.08. The minimum atomic E-state index is -0.239. The number of rotatable bonds is 5.